The average molecular weight is 427 g/mol. The molecule has 0 bridgehead atoms. The lowest BCUT2D eigenvalue weighted by Gasteiger charge is -2.27. The Morgan fingerprint density at radius 1 is 1.00 bits per heavy atom. The molecule has 1 aliphatic heterocycles. The highest BCUT2D eigenvalue weighted by Gasteiger charge is 2.22. The predicted octanol–water partition coefficient (Wildman–Crippen LogP) is 5.86. The van der Waals surface area contributed by atoms with Gasteiger partial charge in [0.2, 0.25) is 0 Å². The van der Waals surface area contributed by atoms with Gasteiger partial charge in [0.15, 0.2) is 0 Å². The largest absolute Gasteiger partial charge is 0.492 e. The second-order valence-corrected chi connectivity index (χ2v) is 7.68. The third-order valence-corrected chi connectivity index (χ3v) is 5.51. The van der Waals surface area contributed by atoms with Crippen LogP contribution in [0.1, 0.15) is 33.9 Å². The van der Waals surface area contributed by atoms with Gasteiger partial charge in [-0.3, -0.25) is 4.79 Å². The quantitative estimate of drug-likeness (QED) is 0.536. The fraction of sp³-hybridized carbons (Fsp3) is 0.174. The number of hydrogen-bond donors (Lipinski definition) is 2. The van der Waals surface area contributed by atoms with Crippen molar-refractivity contribution < 1.29 is 9.53 Å². The van der Waals surface area contributed by atoms with Gasteiger partial charge in [-0.25, -0.2) is 0 Å². The van der Waals surface area contributed by atoms with Crippen LogP contribution >= 0.6 is 23.2 Å². The lowest BCUT2D eigenvalue weighted by molar-refractivity contribution is 0.102. The molecular weight excluding hydrogens is 407 g/mol. The highest BCUT2D eigenvalue weighted by molar-refractivity contribution is 6.34. The van der Waals surface area contributed by atoms with Crippen molar-refractivity contribution in [1.82, 2.24) is 5.32 Å². The minimum absolute atomic E-state index is 0.166. The van der Waals surface area contributed by atoms with E-state index in [2.05, 4.69) is 10.6 Å². The van der Waals surface area contributed by atoms with Crippen LogP contribution in [0.2, 0.25) is 10.0 Å². The minimum atomic E-state index is -0.228. The van der Waals surface area contributed by atoms with Gasteiger partial charge < -0.3 is 15.4 Å². The second-order valence-electron chi connectivity index (χ2n) is 6.86. The van der Waals surface area contributed by atoms with E-state index in [1.165, 1.54) is 0 Å². The van der Waals surface area contributed by atoms with Gasteiger partial charge in [-0.15, -0.1) is 0 Å². The summed E-state index contributed by atoms with van der Waals surface area (Å²) in [5.41, 5.74) is 3.32. The zero-order chi connectivity index (χ0) is 20.2. The number of benzene rings is 3. The first-order valence-corrected chi connectivity index (χ1v) is 10.2. The molecule has 29 heavy (non-hydrogen) atoms. The van der Waals surface area contributed by atoms with Crippen LogP contribution in [0.5, 0.6) is 5.75 Å². The molecule has 0 aromatic heterocycles. The van der Waals surface area contributed by atoms with Gasteiger partial charge in [-0.2, -0.15) is 0 Å². The molecule has 1 heterocycles. The molecule has 3 aromatic rings. The number of amides is 1. The Bertz CT molecular complexity index is 1040. The third-order valence-electron chi connectivity index (χ3n) is 4.88. The van der Waals surface area contributed by atoms with Crippen LogP contribution in [0.15, 0.2) is 66.7 Å². The number of carbonyl (C=O) groups excluding carboxylic acids is 1. The van der Waals surface area contributed by atoms with E-state index < -0.39 is 0 Å². The number of fused-ring (bicyclic) bond motifs is 1. The molecule has 2 N–H and O–H groups in total. The summed E-state index contributed by atoms with van der Waals surface area (Å²) in [6, 6.07) is 20.8. The summed E-state index contributed by atoms with van der Waals surface area (Å²) in [6.45, 7) is 1.29. The number of para-hydroxylation sites is 1. The van der Waals surface area contributed by atoms with Gasteiger partial charge in [0.25, 0.3) is 5.91 Å². The first-order chi connectivity index (χ1) is 14.1. The molecule has 1 unspecified atom stereocenters. The summed E-state index contributed by atoms with van der Waals surface area (Å²) < 4.78 is 5.72. The highest BCUT2D eigenvalue weighted by Crippen LogP contribution is 2.37. The summed E-state index contributed by atoms with van der Waals surface area (Å²) >= 11 is 12.4. The molecule has 1 amide bonds. The first-order valence-electron chi connectivity index (χ1n) is 9.41. The van der Waals surface area contributed by atoms with Crippen LogP contribution in [0, 0.1) is 0 Å². The molecule has 3 aromatic carbocycles. The molecule has 4 nitrogen and oxygen atoms in total. The normalized spacial score (nSPS) is 15.3. The molecule has 0 spiro atoms. The predicted molar refractivity (Wildman–Crippen MR) is 117 cm³/mol. The SMILES string of the molecule is O=C(Nc1cccc(CNC2CCOc3c(Cl)cccc32)c1)c1ccccc1Cl. The van der Waals surface area contributed by atoms with Gasteiger partial charge in [-0.1, -0.05) is 59.6 Å². The summed E-state index contributed by atoms with van der Waals surface area (Å²) in [5.74, 6) is 0.535. The highest BCUT2D eigenvalue weighted by atomic mass is 35.5. The number of rotatable bonds is 5. The molecule has 0 aliphatic carbocycles. The van der Waals surface area contributed by atoms with E-state index in [-0.39, 0.29) is 11.9 Å². The molecular formula is C23H20Cl2N2O2. The third kappa shape index (κ3) is 4.56. The smallest absolute Gasteiger partial charge is 0.257 e. The number of anilines is 1. The second kappa shape index (κ2) is 8.87. The fourth-order valence-electron chi connectivity index (χ4n) is 3.44. The average Bonchev–Trinajstić information content (AvgIpc) is 2.73. The number of nitrogens with one attached hydrogen (secondary N) is 2. The van der Waals surface area contributed by atoms with Crippen molar-refractivity contribution in [3.05, 3.63) is 93.5 Å². The standard InChI is InChI=1S/C23H20Cl2N2O2/c24-19-9-2-1-7-17(19)23(28)27-16-6-3-5-15(13-16)14-26-21-11-12-29-22-18(21)8-4-10-20(22)25/h1-10,13,21,26H,11-12,14H2,(H,27,28). The van der Waals surface area contributed by atoms with E-state index in [4.69, 9.17) is 27.9 Å². The Hall–Kier alpha value is -2.53. The Balaban J connectivity index is 1.43. The van der Waals surface area contributed by atoms with Crippen LogP contribution < -0.4 is 15.4 Å². The maximum absolute atomic E-state index is 12.5. The Morgan fingerprint density at radius 2 is 1.79 bits per heavy atom. The van der Waals surface area contributed by atoms with Gasteiger partial charge in [0, 0.05) is 30.3 Å². The Kier molecular flexibility index (Phi) is 6.05. The van der Waals surface area contributed by atoms with Crippen molar-refractivity contribution in [1.29, 1.82) is 0 Å². The number of hydrogen-bond acceptors (Lipinski definition) is 3. The lowest BCUT2D eigenvalue weighted by atomic mass is 10.00. The van der Waals surface area contributed by atoms with Crippen molar-refractivity contribution in [2.45, 2.75) is 19.0 Å². The molecule has 4 rings (SSSR count). The topological polar surface area (TPSA) is 50.4 Å². The molecule has 1 atom stereocenters. The molecule has 0 radical (unpaired) electrons. The zero-order valence-electron chi connectivity index (χ0n) is 15.6. The van der Waals surface area contributed by atoms with E-state index in [0.717, 1.165) is 29.0 Å². The molecule has 0 saturated carbocycles. The summed E-state index contributed by atoms with van der Waals surface area (Å²) in [7, 11) is 0. The number of ether oxygens (including phenoxy) is 1. The van der Waals surface area contributed by atoms with Crippen molar-refractivity contribution in [2.24, 2.45) is 0 Å². The van der Waals surface area contributed by atoms with E-state index in [9.17, 15) is 4.79 Å². The first kappa shape index (κ1) is 19.8. The van der Waals surface area contributed by atoms with Crippen LogP contribution in [-0.4, -0.2) is 12.5 Å². The summed E-state index contributed by atoms with van der Waals surface area (Å²) in [5, 5.41) is 7.55. The molecule has 1 aliphatic rings. The molecule has 148 valence electrons. The minimum Gasteiger partial charge on any atom is -0.492 e. The Morgan fingerprint density at radius 3 is 2.66 bits per heavy atom. The van der Waals surface area contributed by atoms with Crippen LogP contribution in [0.4, 0.5) is 5.69 Å². The van der Waals surface area contributed by atoms with Crippen molar-refractivity contribution >= 4 is 34.8 Å². The van der Waals surface area contributed by atoms with Crippen molar-refractivity contribution in [2.75, 3.05) is 11.9 Å². The van der Waals surface area contributed by atoms with Gasteiger partial charge in [0.1, 0.15) is 5.75 Å². The van der Waals surface area contributed by atoms with Gasteiger partial charge in [-0.05, 0) is 35.9 Å². The zero-order valence-corrected chi connectivity index (χ0v) is 17.1. The van der Waals surface area contributed by atoms with Crippen LogP contribution in [0.3, 0.4) is 0 Å². The monoisotopic (exact) mass is 426 g/mol. The summed E-state index contributed by atoms with van der Waals surface area (Å²) in [4.78, 5) is 12.5. The van der Waals surface area contributed by atoms with Gasteiger partial charge >= 0.3 is 0 Å². The molecule has 0 fully saturated rings. The van der Waals surface area contributed by atoms with E-state index >= 15 is 0 Å². The van der Waals surface area contributed by atoms with Crippen molar-refractivity contribution in [3.63, 3.8) is 0 Å². The van der Waals surface area contributed by atoms with Crippen LogP contribution in [-0.2, 0) is 6.54 Å². The summed E-state index contributed by atoms with van der Waals surface area (Å²) in [6.07, 6.45) is 0.871. The number of carbonyl (C=O) groups is 1. The van der Waals surface area contributed by atoms with E-state index in [1.54, 1.807) is 24.3 Å². The Labute approximate surface area is 179 Å². The van der Waals surface area contributed by atoms with Crippen molar-refractivity contribution in [3.8, 4) is 5.75 Å². The number of halogens is 2. The molecule has 0 saturated heterocycles. The van der Waals surface area contributed by atoms with E-state index in [1.807, 2.05) is 42.5 Å². The lowest BCUT2D eigenvalue weighted by Crippen LogP contribution is -2.27. The fourth-order valence-corrected chi connectivity index (χ4v) is 3.90. The maximum atomic E-state index is 12.5. The van der Waals surface area contributed by atoms with Crippen LogP contribution in [0.25, 0.3) is 0 Å². The van der Waals surface area contributed by atoms with Gasteiger partial charge in [0.05, 0.1) is 22.2 Å². The van der Waals surface area contributed by atoms with E-state index in [0.29, 0.717) is 28.8 Å². The maximum Gasteiger partial charge on any atom is 0.257 e. The molecule has 6 heteroatoms.